The molecule has 2 amide bonds. The van der Waals surface area contributed by atoms with Gasteiger partial charge >= 0.3 is 6.03 Å². The molecule has 5 heteroatoms. The van der Waals surface area contributed by atoms with Crippen molar-refractivity contribution in [2.75, 3.05) is 33.2 Å². The number of hydrogen-bond donors (Lipinski definition) is 1. The number of halogens is 1. The van der Waals surface area contributed by atoms with E-state index in [-0.39, 0.29) is 18.4 Å². The number of carbonyl (C=O) groups excluding carboxylic acids is 1. The minimum atomic E-state index is 0. The maximum Gasteiger partial charge on any atom is 0.320 e. The summed E-state index contributed by atoms with van der Waals surface area (Å²) >= 11 is 0. The minimum absolute atomic E-state index is 0. The molecular weight excluding hydrogens is 178 g/mol. The monoisotopic (exact) mass is 191 g/mol. The number of hydrogen-bond acceptors (Lipinski definition) is 2. The maximum absolute atomic E-state index is 11.4. The van der Waals surface area contributed by atoms with Crippen molar-refractivity contribution in [3.63, 3.8) is 0 Å². The number of urea groups is 1. The Hall–Kier alpha value is -0.480. The number of nitrogens with one attached hydrogen (secondary N) is 1. The normalized spacial score (nSPS) is 28.4. The average Bonchev–Trinajstić information content (AvgIpc) is 2.30. The SMILES string of the molecule is CN1CC2CNCCN2C1=O.Cl. The van der Waals surface area contributed by atoms with Crippen molar-refractivity contribution in [3.05, 3.63) is 0 Å². The molecule has 12 heavy (non-hydrogen) atoms. The fourth-order valence-electron chi connectivity index (χ4n) is 1.79. The summed E-state index contributed by atoms with van der Waals surface area (Å²) in [6.45, 7) is 3.64. The molecule has 0 aromatic rings. The van der Waals surface area contributed by atoms with Crippen LogP contribution in [-0.2, 0) is 0 Å². The third kappa shape index (κ3) is 1.36. The predicted octanol–water partition coefficient (Wildman–Crippen LogP) is -0.253. The molecule has 4 nitrogen and oxygen atoms in total. The lowest BCUT2D eigenvalue weighted by atomic mass is 10.2. The van der Waals surface area contributed by atoms with Crippen molar-refractivity contribution in [3.8, 4) is 0 Å². The Balaban J connectivity index is 0.000000720. The highest BCUT2D eigenvalue weighted by Crippen LogP contribution is 2.14. The lowest BCUT2D eigenvalue weighted by Gasteiger charge is -2.28. The summed E-state index contributed by atoms with van der Waals surface area (Å²) in [7, 11) is 1.86. The zero-order valence-corrected chi connectivity index (χ0v) is 7.93. The highest BCUT2D eigenvalue weighted by atomic mass is 35.5. The number of amides is 2. The van der Waals surface area contributed by atoms with Crippen LogP contribution in [-0.4, -0.2) is 55.1 Å². The first kappa shape index (κ1) is 9.61. The molecule has 1 N–H and O–H groups in total. The van der Waals surface area contributed by atoms with Crippen molar-refractivity contribution in [2.45, 2.75) is 6.04 Å². The van der Waals surface area contributed by atoms with E-state index in [1.54, 1.807) is 4.90 Å². The van der Waals surface area contributed by atoms with Gasteiger partial charge in [0, 0.05) is 33.2 Å². The molecule has 0 spiro atoms. The number of nitrogens with zero attached hydrogens (tertiary/aromatic N) is 2. The van der Waals surface area contributed by atoms with Gasteiger partial charge in [0.2, 0.25) is 0 Å². The van der Waals surface area contributed by atoms with Gasteiger partial charge in [-0.3, -0.25) is 0 Å². The van der Waals surface area contributed by atoms with E-state index in [9.17, 15) is 4.79 Å². The molecule has 0 saturated carbocycles. The van der Waals surface area contributed by atoms with Gasteiger partial charge in [-0.25, -0.2) is 4.79 Å². The molecule has 0 radical (unpaired) electrons. The fraction of sp³-hybridized carbons (Fsp3) is 0.857. The van der Waals surface area contributed by atoms with Crippen LogP contribution >= 0.6 is 12.4 Å². The summed E-state index contributed by atoms with van der Waals surface area (Å²) in [6, 6.07) is 0.609. The summed E-state index contributed by atoms with van der Waals surface area (Å²) in [6.07, 6.45) is 0. The van der Waals surface area contributed by atoms with Crippen molar-refractivity contribution in [1.29, 1.82) is 0 Å². The molecule has 2 saturated heterocycles. The highest BCUT2D eigenvalue weighted by Gasteiger charge is 2.35. The third-order valence-electron chi connectivity index (χ3n) is 2.41. The zero-order chi connectivity index (χ0) is 7.84. The van der Waals surface area contributed by atoms with Gasteiger partial charge in [-0.1, -0.05) is 0 Å². The van der Waals surface area contributed by atoms with E-state index in [4.69, 9.17) is 0 Å². The van der Waals surface area contributed by atoms with Crippen LogP contribution in [0.5, 0.6) is 0 Å². The first-order valence-electron chi connectivity index (χ1n) is 4.01. The van der Waals surface area contributed by atoms with Gasteiger partial charge < -0.3 is 15.1 Å². The van der Waals surface area contributed by atoms with E-state index < -0.39 is 0 Å². The number of rotatable bonds is 0. The molecule has 2 heterocycles. The second-order valence-electron chi connectivity index (χ2n) is 3.21. The fourth-order valence-corrected chi connectivity index (χ4v) is 1.79. The van der Waals surface area contributed by atoms with Crippen LogP contribution in [0.2, 0.25) is 0 Å². The van der Waals surface area contributed by atoms with Crippen LogP contribution in [0.15, 0.2) is 0 Å². The molecule has 0 aromatic carbocycles. The number of piperazine rings is 1. The first-order valence-corrected chi connectivity index (χ1v) is 4.01. The lowest BCUT2D eigenvalue weighted by Crippen LogP contribution is -2.49. The van der Waals surface area contributed by atoms with Gasteiger partial charge in [-0.2, -0.15) is 0 Å². The summed E-state index contributed by atoms with van der Waals surface area (Å²) < 4.78 is 0. The first-order chi connectivity index (χ1) is 5.29. The van der Waals surface area contributed by atoms with E-state index >= 15 is 0 Å². The third-order valence-corrected chi connectivity index (χ3v) is 2.41. The molecule has 0 aromatic heterocycles. The molecule has 70 valence electrons. The summed E-state index contributed by atoms with van der Waals surface area (Å²) in [5, 5.41) is 3.28. The smallest absolute Gasteiger partial charge is 0.320 e. The number of fused-ring (bicyclic) bond motifs is 1. The molecule has 1 unspecified atom stereocenters. The summed E-state index contributed by atoms with van der Waals surface area (Å²) in [5.74, 6) is 0. The standard InChI is InChI=1S/C7H13N3O.ClH/c1-9-5-6-4-8-2-3-10(6)7(9)11;/h6,8H,2-5H2,1H3;1H. The van der Waals surface area contributed by atoms with Gasteiger partial charge in [-0.05, 0) is 0 Å². The molecule has 1 atom stereocenters. The Kier molecular flexibility index (Phi) is 2.80. The summed E-state index contributed by atoms with van der Waals surface area (Å²) in [4.78, 5) is 15.1. The van der Waals surface area contributed by atoms with Gasteiger partial charge in [0.15, 0.2) is 0 Å². The zero-order valence-electron chi connectivity index (χ0n) is 7.12. The van der Waals surface area contributed by atoms with Gasteiger partial charge in [0.25, 0.3) is 0 Å². The Morgan fingerprint density at radius 2 is 2.33 bits per heavy atom. The van der Waals surface area contributed by atoms with Crippen LogP contribution in [0, 0.1) is 0 Å². The van der Waals surface area contributed by atoms with Gasteiger partial charge in [-0.15, -0.1) is 12.4 Å². The van der Waals surface area contributed by atoms with E-state index in [2.05, 4.69) is 5.32 Å². The molecule has 2 rings (SSSR count). The van der Waals surface area contributed by atoms with Crippen LogP contribution in [0.1, 0.15) is 0 Å². The van der Waals surface area contributed by atoms with Crippen molar-refractivity contribution < 1.29 is 4.79 Å². The molecule has 2 fully saturated rings. The van der Waals surface area contributed by atoms with Crippen LogP contribution in [0.4, 0.5) is 4.79 Å². The van der Waals surface area contributed by atoms with Crippen LogP contribution < -0.4 is 5.32 Å². The molecule has 0 bridgehead atoms. The van der Waals surface area contributed by atoms with E-state index in [1.807, 2.05) is 11.9 Å². The molecule has 0 aliphatic carbocycles. The molecule has 2 aliphatic heterocycles. The number of likely N-dealkylation sites (N-methyl/N-ethyl adjacent to an activating group) is 1. The second-order valence-corrected chi connectivity index (χ2v) is 3.21. The van der Waals surface area contributed by atoms with E-state index in [0.29, 0.717) is 6.04 Å². The average molecular weight is 192 g/mol. The largest absolute Gasteiger partial charge is 0.326 e. The van der Waals surface area contributed by atoms with Crippen molar-refractivity contribution in [2.24, 2.45) is 0 Å². The van der Waals surface area contributed by atoms with Crippen LogP contribution in [0.25, 0.3) is 0 Å². The Labute approximate surface area is 78.3 Å². The second kappa shape index (κ2) is 3.49. The Morgan fingerprint density at radius 1 is 1.58 bits per heavy atom. The quantitative estimate of drug-likeness (QED) is 0.573. The topological polar surface area (TPSA) is 35.6 Å². The molecule has 2 aliphatic rings. The van der Waals surface area contributed by atoms with Gasteiger partial charge in [0.05, 0.1) is 6.04 Å². The van der Waals surface area contributed by atoms with Crippen molar-refractivity contribution >= 4 is 18.4 Å². The van der Waals surface area contributed by atoms with Crippen LogP contribution in [0.3, 0.4) is 0 Å². The van der Waals surface area contributed by atoms with Crippen molar-refractivity contribution in [1.82, 2.24) is 15.1 Å². The number of carbonyl (C=O) groups is 1. The van der Waals surface area contributed by atoms with Gasteiger partial charge in [0.1, 0.15) is 0 Å². The highest BCUT2D eigenvalue weighted by molar-refractivity contribution is 5.85. The Morgan fingerprint density at radius 3 is 3.00 bits per heavy atom. The van der Waals surface area contributed by atoms with E-state index in [0.717, 1.165) is 26.2 Å². The van der Waals surface area contributed by atoms with E-state index in [1.165, 1.54) is 0 Å². The maximum atomic E-state index is 11.4. The summed E-state index contributed by atoms with van der Waals surface area (Å²) in [5.41, 5.74) is 0. The minimum Gasteiger partial charge on any atom is -0.326 e. The lowest BCUT2D eigenvalue weighted by molar-refractivity contribution is 0.182. The predicted molar refractivity (Wildman–Crippen MR) is 48.6 cm³/mol. The Bertz CT molecular complexity index is 187. The molecular formula is C7H14ClN3O.